The molecular weight excluding hydrogens is 252 g/mol. The average Bonchev–Trinajstić information content (AvgIpc) is 2.83. The Morgan fingerprint density at radius 1 is 1.35 bits per heavy atom. The Morgan fingerprint density at radius 3 is 2.95 bits per heavy atom. The first kappa shape index (κ1) is 13.2. The van der Waals surface area contributed by atoms with Crippen LogP contribution in [0.3, 0.4) is 0 Å². The van der Waals surface area contributed by atoms with Crippen molar-refractivity contribution in [3.8, 4) is 0 Å². The highest BCUT2D eigenvalue weighted by atomic mass is 16.5. The highest BCUT2D eigenvalue weighted by Crippen LogP contribution is 2.20. The number of nitrogens with one attached hydrogen (secondary N) is 1. The zero-order chi connectivity index (χ0) is 14.3. The molecule has 1 saturated heterocycles. The monoisotopic (exact) mass is 272 g/mol. The van der Waals surface area contributed by atoms with Crippen molar-refractivity contribution in [2.75, 3.05) is 13.2 Å². The van der Waals surface area contributed by atoms with Gasteiger partial charge in [-0.05, 0) is 38.5 Å². The van der Waals surface area contributed by atoms with Gasteiger partial charge < -0.3 is 14.6 Å². The molecule has 4 heteroatoms. The van der Waals surface area contributed by atoms with Gasteiger partial charge in [0.2, 0.25) is 0 Å². The van der Waals surface area contributed by atoms with Gasteiger partial charge in [-0.1, -0.05) is 12.1 Å². The number of carbonyl (C=O) groups excluding carboxylic acids is 1. The first-order chi connectivity index (χ1) is 9.54. The summed E-state index contributed by atoms with van der Waals surface area (Å²) >= 11 is 0. The maximum absolute atomic E-state index is 12.6. The molecule has 0 spiro atoms. The van der Waals surface area contributed by atoms with E-state index in [9.17, 15) is 4.79 Å². The lowest BCUT2D eigenvalue weighted by atomic mass is 10.1. The third-order valence-electron chi connectivity index (χ3n) is 3.88. The Hall–Kier alpha value is -1.81. The van der Waals surface area contributed by atoms with Gasteiger partial charge in [-0.2, -0.15) is 0 Å². The summed E-state index contributed by atoms with van der Waals surface area (Å²) in [6.45, 7) is 7.32. The molecule has 2 unspecified atom stereocenters. The summed E-state index contributed by atoms with van der Waals surface area (Å²) in [5.74, 6) is 0.0569. The van der Waals surface area contributed by atoms with E-state index in [1.54, 1.807) is 0 Å². The maximum Gasteiger partial charge on any atom is 0.270 e. The quantitative estimate of drug-likeness (QED) is 0.867. The summed E-state index contributed by atoms with van der Waals surface area (Å²) in [7, 11) is 0. The first-order valence-corrected chi connectivity index (χ1v) is 7.06. The molecule has 1 N–H and O–H groups in total. The molecule has 1 amide bonds. The minimum absolute atomic E-state index is 0.0569. The second kappa shape index (κ2) is 4.94. The highest BCUT2D eigenvalue weighted by molar-refractivity contribution is 5.98. The van der Waals surface area contributed by atoms with Gasteiger partial charge in [-0.25, -0.2) is 0 Å². The predicted octanol–water partition coefficient (Wildman–Crippen LogP) is 2.73. The van der Waals surface area contributed by atoms with Crippen LogP contribution in [0.25, 0.3) is 10.9 Å². The maximum atomic E-state index is 12.6. The van der Waals surface area contributed by atoms with Crippen molar-refractivity contribution in [2.45, 2.75) is 32.9 Å². The topological polar surface area (TPSA) is 45.3 Å². The van der Waals surface area contributed by atoms with E-state index in [0.717, 1.165) is 10.9 Å². The van der Waals surface area contributed by atoms with Gasteiger partial charge in [0.05, 0.1) is 18.8 Å². The second-order valence-electron chi connectivity index (χ2n) is 5.72. The SMILES string of the molecule is Cc1ccc2cc(C(=O)N3CC(C)OCC3C)[nH]c2c1. The van der Waals surface area contributed by atoms with Crippen molar-refractivity contribution in [1.29, 1.82) is 0 Å². The van der Waals surface area contributed by atoms with Crippen LogP contribution in [0.1, 0.15) is 29.9 Å². The molecule has 1 aromatic heterocycles. The van der Waals surface area contributed by atoms with Crippen LogP contribution in [0, 0.1) is 6.92 Å². The van der Waals surface area contributed by atoms with Crippen molar-refractivity contribution in [3.63, 3.8) is 0 Å². The van der Waals surface area contributed by atoms with Crippen molar-refractivity contribution in [2.24, 2.45) is 0 Å². The smallest absolute Gasteiger partial charge is 0.270 e. The molecule has 1 aliphatic heterocycles. The van der Waals surface area contributed by atoms with Crippen LogP contribution in [-0.2, 0) is 4.74 Å². The fourth-order valence-corrected chi connectivity index (χ4v) is 2.70. The highest BCUT2D eigenvalue weighted by Gasteiger charge is 2.28. The fourth-order valence-electron chi connectivity index (χ4n) is 2.70. The summed E-state index contributed by atoms with van der Waals surface area (Å²) in [4.78, 5) is 17.8. The Morgan fingerprint density at radius 2 is 2.15 bits per heavy atom. The standard InChI is InChI=1S/C16H20N2O2/c1-10-4-5-13-7-15(17-14(13)6-10)16(19)18-8-12(3)20-9-11(18)2/h4-7,11-12,17H,8-9H2,1-3H3. The molecule has 2 heterocycles. The largest absolute Gasteiger partial charge is 0.375 e. The Kier molecular flexibility index (Phi) is 3.26. The van der Waals surface area contributed by atoms with E-state index < -0.39 is 0 Å². The Bertz CT molecular complexity index is 647. The van der Waals surface area contributed by atoms with Crippen molar-refractivity contribution >= 4 is 16.8 Å². The minimum atomic E-state index is 0.0569. The van der Waals surface area contributed by atoms with E-state index in [2.05, 4.69) is 17.1 Å². The predicted molar refractivity (Wildman–Crippen MR) is 78.9 cm³/mol. The number of aryl methyl sites for hydroxylation is 1. The summed E-state index contributed by atoms with van der Waals surface area (Å²) in [5, 5.41) is 1.08. The normalized spacial score (nSPS) is 23.2. The van der Waals surface area contributed by atoms with E-state index in [1.165, 1.54) is 5.56 Å². The van der Waals surface area contributed by atoms with Crippen LogP contribution < -0.4 is 0 Å². The minimum Gasteiger partial charge on any atom is -0.375 e. The lowest BCUT2D eigenvalue weighted by molar-refractivity contribution is -0.0388. The number of ether oxygens (including phenoxy) is 1. The van der Waals surface area contributed by atoms with Crippen LogP contribution in [0.5, 0.6) is 0 Å². The number of benzene rings is 1. The fraction of sp³-hybridized carbons (Fsp3) is 0.438. The lowest BCUT2D eigenvalue weighted by Crippen LogP contribution is -2.50. The summed E-state index contributed by atoms with van der Waals surface area (Å²) in [5.41, 5.74) is 2.86. The number of hydrogen-bond donors (Lipinski definition) is 1. The number of carbonyl (C=O) groups is 1. The molecule has 1 fully saturated rings. The molecule has 0 radical (unpaired) electrons. The first-order valence-electron chi connectivity index (χ1n) is 7.06. The van der Waals surface area contributed by atoms with Crippen molar-refractivity contribution < 1.29 is 9.53 Å². The van der Waals surface area contributed by atoms with Crippen LogP contribution in [0.2, 0.25) is 0 Å². The zero-order valence-corrected chi connectivity index (χ0v) is 12.1. The van der Waals surface area contributed by atoms with Gasteiger partial charge in [0.25, 0.3) is 5.91 Å². The summed E-state index contributed by atoms with van der Waals surface area (Å²) in [6.07, 6.45) is 0.0989. The summed E-state index contributed by atoms with van der Waals surface area (Å²) in [6, 6.07) is 8.22. The van der Waals surface area contributed by atoms with Gasteiger partial charge in [0.15, 0.2) is 0 Å². The average molecular weight is 272 g/mol. The molecule has 3 rings (SSSR count). The third kappa shape index (κ3) is 2.31. The lowest BCUT2D eigenvalue weighted by Gasteiger charge is -2.36. The van der Waals surface area contributed by atoms with E-state index in [-0.39, 0.29) is 18.1 Å². The van der Waals surface area contributed by atoms with E-state index >= 15 is 0 Å². The van der Waals surface area contributed by atoms with Crippen molar-refractivity contribution in [3.05, 3.63) is 35.5 Å². The number of amides is 1. The van der Waals surface area contributed by atoms with Gasteiger partial charge in [0.1, 0.15) is 5.69 Å². The number of aromatic amines is 1. The van der Waals surface area contributed by atoms with Crippen molar-refractivity contribution in [1.82, 2.24) is 9.88 Å². The number of morpholine rings is 1. The van der Waals surface area contributed by atoms with Crippen LogP contribution >= 0.6 is 0 Å². The Labute approximate surface area is 118 Å². The van der Waals surface area contributed by atoms with E-state index in [4.69, 9.17) is 4.74 Å². The van der Waals surface area contributed by atoms with E-state index in [0.29, 0.717) is 18.8 Å². The van der Waals surface area contributed by atoms with Crippen LogP contribution in [0.4, 0.5) is 0 Å². The number of H-pyrrole nitrogens is 1. The van der Waals surface area contributed by atoms with Crippen LogP contribution in [0.15, 0.2) is 24.3 Å². The van der Waals surface area contributed by atoms with Gasteiger partial charge >= 0.3 is 0 Å². The third-order valence-corrected chi connectivity index (χ3v) is 3.88. The number of fused-ring (bicyclic) bond motifs is 1. The molecule has 0 aliphatic carbocycles. The van der Waals surface area contributed by atoms with Gasteiger partial charge in [-0.15, -0.1) is 0 Å². The number of aromatic nitrogens is 1. The number of hydrogen-bond acceptors (Lipinski definition) is 2. The van der Waals surface area contributed by atoms with Gasteiger partial charge in [0, 0.05) is 17.4 Å². The second-order valence-corrected chi connectivity index (χ2v) is 5.72. The molecule has 0 bridgehead atoms. The molecular formula is C16H20N2O2. The zero-order valence-electron chi connectivity index (χ0n) is 12.1. The molecule has 0 saturated carbocycles. The molecule has 1 aromatic carbocycles. The number of nitrogens with zero attached hydrogens (tertiary/aromatic N) is 1. The molecule has 1 aliphatic rings. The molecule has 106 valence electrons. The molecule has 2 atom stereocenters. The van der Waals surface area contributed by atoms with E-state index in [1.807, 2.05) is 37.8 Å². The number of rotatable bonds is 1. The van der Waals surface area contributed by atoms with Crippen LogP contribution in [-0.4, -0.2) is 41.1 Å². The molecule has 20 heavy (non-hydrogen) atoms. The molecule has 2 aromatic rings. The summed E-state index contributed by atoms with van der Waals surface area (Å²) < 4.78 is 5.58. The Balaban J connectivity index is 1.91. The van der Waals surface area contributed by atoms with Gasteiger partial charge in [-0.3, -0.25) is 4.79 Å². The molecule has 4 nitrogen and oxygen atoms in total.